The molecule has 2 N–H and O–H groups in total. The number of carbonyl (C=O) groups is 2. The number of alkyl halides is 3. The van der Waals surface area contributed by atoms with E-state index < -0.39 is 31.0 Å². The molecule has 0 radical (unpaired) electrons. The van der Waals surface area contributed by atoms with Crippen LogP contribution >= 0.6 is 0 Å². The number of hydrogen-bond donors (Lipinski definition) is 2. The van der Waals surface area contributed by atoms with Gasteiger partial charge in [-0.3, -0.25) is 9.59 Å². The number of benzene rings is 1. The van der Waals surface area contributed by atoms with E-state index in [-0.39, 0.29) is 17.8 Å². The Bertz CT molecular complexity index is 587. The van der Waals surface area contributed by atoms with Crippen molar-refractivity contribution in [3.8, 4) is 0 Å². The van der Waals surface area contributed by atoms with E-state index in [0.717, 1.165) is 18.4 Å². The van der Waals surface area contributed by atoms with E-state index in [2.05, 4.69) is 5.32 Å². The quantitative estimate of drug-likeness (QED) is 0.636. The van der Waals surface area contributed by atoms with Crippen LogP contribution in [-0.4, -0.2) is 30.6 Å². The Labute approximate surface area is 136 Å². The Kier molecular flexibility index (Phi) is 5.80. The Morgan fingerprint density at radius 1 is 1.08 bits per heavy atom. The topological polar surface area (TPSA) is 58.2 Å². The minimum absolute atomic E-state index is 0.00721. The molecular formula is C16H18F4N2O2. The molecule has 8 heteroatoms. The molecule has 4 nitrogen and oxygen atoms in total. The molecule has 0 aliphatic heterocycles. The lowest BCUT2D eigenvalue weighted by Crippen LogP contribution is -2.41. The van der Waals surface area contributed by atoms with Gasteiger partial charge in [0, 0.05) is 12.0 Å². The lowest BCUT2D eigenvalue weighted by molar-refractivity contribution is -0.140. The highest BCUT2D eigenvalue weighted by atomic mass is 19.4. The summed E-state index contributed by atoms with van der Waals surface area (Å²) in [6, 6.07) is 5.79. The lowest BCUT2D eigenvalue weighted by atomic mass is 9.94. The highest BCUT2D eigenvalue weighted by molar-refractivity contribution is 5.97. The maximum absolute atomic E-state index is 13.0. The summed E-state index contributed by atoms with van der Waals surface area (Å²) in [5, 5.41) is 4.36. The van der Waals surface area contributed by atoms with Crippen LogP contribution in [0.25, 0.3) is 0 Å². The molecule has 24 heavy (non-hydrogen) atoms. The van der Waals surface area contributed by atoms with Gasteiger partial charge in [0.2, 0.25) is 11.8 Å². The summed E-state index contributed by atoms with van der Waals surface area (Å²) in [4.78, 5) is 23.2. The van der Waals surface area contributed by atoms with Crippen molar-refractivity contribution in [2.75, 3.05) is 6.54 Å². The van der Waals surface area contributed by atoms with Crippen molar-refractivity contribution in [3.05, 3.63) is 35.6 Å². The summed E-state index contributed by atoms with van der Waals surface area (Å²) in [5.41, 5.74) is 0.890. The molecule has 1 aliphatic carbocycles. The first-order valence-electron chi connectivity index (χ1n) is 7.63. The minimum Gasteiger partial charge on any atom is -0.352 e. The van der Waals surface area contributed by atoms with Crippen molar-refractivity contribution in [2.45, 2.75) is 43.8 Å². The van der Waals surface area contributed by atoms with Gasteiger partial charge in [-0.15, -0.1) is 0 Å². The second kappa shape index (κ2) is 7.63. The maximum atomic E-state index is 13.0. The smallest absolute Gasteiger partial charge is 0.352 e. The van der Waals surface area contributed by atoms with E-state index in [0.29, 0.717) is 6.42 Å². The zero-order valence-corrected chi connectivity index (χ0v) is 12.8. The van der Waals surface area contributed by atoms with Crippen molar-refractivity contribution in [3.63, 3.8) is 0 Å². The summed E-state index contributed by atoms with van der Waals surface area (Å²) in [5.74, 6) is -1.93. The SMILES string of the molecule is O=C(CC(=O)N[C@@H]1CCC[C@H]1c1ccc(F)cc1)NCC(F)(F)F. The van der Waals surface area contributed by atoms with Crippen LogP contribution < -0.4 is 10.6 Å². The molecule has 0 spiro atoms. The van der Waals surface area contributed by atoms with Crippen molar-refractivity contribution in [2.24, 2.45) is 0 Å². The average Bonchev–Trinajstić information content (AvgIpc) is 2.93. The van der Waals surface area contributed by atoms with Crippen LogP contribution in [0, 0.1) is 5.82 Å². The van der Waals surface area contributed by atoms with Gasteiger partial charge in [0.15, 0.2) is 0 Å². The van der Waals surface area contributed by atoms with E-state index in [1.165, 1.54) is 12.1 Å². The molecule has 0 unspecified atom stereocenters. The second-order valence-electron chi connectivity index (χ2n) is 5.83. The Balaban J connectivity index is 1.86. The van der Waals surface area contributed by atoms with Crippen LogP contribution in [0.1, 0.15) is 37.2 Å². The summed E-state index contributed by atoms with van der Waals surface area (Å²) < 4.78 is 49.0. The van der Waals surface area contributed by atoms with Crippen LogP contribution in [0.4, 0.5) is 17.6 Å². The highest BCUT2D eigenvalue weighted by Gasteiger charge is 2.31. The van der Waals surface area contributed by atoms with Crippen LogP contribution in [-0.2, 0) is 9.59 Å². The van der Waals surface area contributed by atoms with Gasteiger partial charge in [0.25, 0.3) is 0 Å². The van der Waals surface area contributed by atoms with E-state index in [1.54, 1.807) is 17.4 Å². The molecule has 2 amide bonds. The number of nitrogens with one attached hydrogen (secondary N) is 2. The van der Waals surface area contributed by atoms with Gasteiger partial charge in [-0.05, 0) is 30.5 Å². The molecule has 0 saturated heterocycles. The van der Waals surface area contributed by atoms with Gasteiger partial charge >= 0.3 is 6.18 Å². The molecule has 1 saturated carbocycles. The fourth-order valence-corrected chi connectivity index (χ4v) is 2.91. The second-order valence-corrected chi connectivity index (χ2v) is 5.83. The summed E-state index contributed by atoms with van der Waals surface area (Å²) >= 11 is 0. The molecule has 132 valence electrons. The molecule has 2 atom stereocenters. The van der Waals surface area contributed by atoms with E-state index in [4.69, 9.17) is 0 Å². The molecule has 0 aromatic heterocycles. The third-order valence-electron chi connectivity index (χ3n) is 3.97. The Morgan fingerprint density at radius 3 is 2.38 bits per heavy atom. The van der Waals surface area contributed by atoms with E-state index in [9.17, 15) is 27.2 Å². The minimum atomic E-state index is -4.51. The predicted octanol–water partition coefficient (Wildman–Crippen LogP) is 2.65. The summed E-state index contributed by atoms with van der Waals surface area (Å²) in [7, 11) is 0. The number of halogens is 4. The third-order valence-corrected chi connectivity index (χ3v) is 3.97. The molecule has 1 fully saturated rings. The van der Waals surface area contributed by atoms with Gasteiger partial charge in [0.05, 0.1) is 0 Å². The molecular weight excluding hydrogens is 328 g/mol. The Morgan fingerprint density at radius 2 is 1.75 bits per heavy atom. The molecule has 0 heterocycles. The number of hydrogen-bond acceptors (Lipinski definition) is 2. The van der Waals surface area contributed by atoms with Gasteiger partial charge < -0.3 is 10.6 Å². The van der Waals surface area contributed by atoms with Crippen LogP contribution in [0.3, 0.4) is 0 Å². The van der Waals surface area contributed by atoms with Gasteiger partial charge in [-0.1, -0.05) is 18.6 Å². The van der Waals surface area contributed by atoms with Crippen molar-refractivity contribution >= 4 is 11.8 Å². The zero-order valence-electron chi connectivity index (χ0n) is 12.8. The number of carbonyl (C=O) groups excluding carboxylic acids is 2. The molecule has 1 aliphatic rings. The summed E-state index contributed by atoms with van der Waals surface area (Å²) in [6.45, 7) is -1.46. The first-order valence-corrected chi connectivity index (χ1v) is 7.63. The van der Waals surface area contributed by atoms with Crippen LogP contribution in [0.5, 0.6) is 0 Å². The largest absolute Gasteiger partial charge is 0.405 e. The molecule has 1 aromatic rings. The average molecular weight is 346 g/mol. The monoisotopic (exact) mass is 346 g/mol. The van der Waals surface area contributed by atoms with Crippen molar-refractivity contribution in [1.82, 2.24) is 10.6 Å². The molecule has 1 aromatic carbocycles. The summed E-state index contributed by atoms with van der Waals surface area (Å²) in [6.07, 6.45) is -2.77. The van der Waals surface area contributed by atoms with E-state index >= 15 is 0 Å². The standard InChI is InChI=1S/C16H18F4N2O2/c17-11-6-4-10(5-7-11)12-2-1-3-13(12)22-15(24)8-14(23)21-9-16(18,19)20/h4-7,12-13H,1-3,8-9H2,(H,21,23)(H,22,24)/t12-,13+/m0/s1. The molecule has 2 rings (SSSR count). The first kappa shape index (κ1) is 18.2. The fraction of sp³-hybridized carbons (Fsp3) is 0.500. The Hall–Kier alpha value is -2.12. The van der Waals surface area contributed by atoms with Gasteiger partial charge in [0.1, 0.15) is 18.8 Å². The highest BCUT2D eigenvalue weighted by Crippen LogP contribution is 2.34. The molecule has 0 bridgehead atoms. The van der Waals surface area contributed by atoms with Crippen LogP contribution in [0.2, 0.25) is 0 Å². The normalized spacial score (nSPS) is 20.7. The maximum Gasteiger partial charge on any atom is 0.405 e. The van der Waals surface area contributed by atoms with Gasteiger partial charge in [-0.25, -0.2) is 4.39 Å². The predicted molar refractivity (Wildman–Crippen MR) is 78.6 cm³/mol. The zero-order chi connectivity index (χ0) is 17.7. The van der Waals surface area contributed by atoms with Crippen molar-refractivity contribution < 1.29 is 27.2 Å². The lowest BCUT2D eigenvalue weighted by Gasteiger charge is -2.21. The third kappa shape index (κ3) is 5.50. The van der Waals surface area contributed by atoms with Gasteiger partial charge in [-0.2, -0.15) is 13.2 Å². The first-order chi connectivity index (χ1) is 11.2. The van der Waals surface area contributed by atoms with E-state index in [1.807, 2.05) is 0 Å². The number of rotatable bonds is 5. The number of amides is 2. The van der Waals surface area contributed by atoms with Crippen LogP contribution in [0.15, 0.2) is 24.3 Å². The fourth-order valence-electron chi connectivity index (χ4n) is 2.91. The van der Waals surface area contributed by atoms with Crippen molar-refractivity contribution in [1.29, 1.82) is 0 Å².